The fraction of sp³-hybridized carbons (Fsp3) is 0.556. The number of hydrogen-bond acceptors (Lipinski definition) is 3. The molecule has 0 aliphatic rings. The molecule has 5 nitrogen and oxygen atoms in total. The summed E-state index contributed by atoms with van der Waals surface area (Å²) in [6.07, 6.45) is 1.52. The molecule has 0 aromatic carbocycles. The summed E-state index contributed by atoms with van der Waals surface area (Å²) in [4.78, 5) is 24.7. The lowest BCUT2D eigenvalue weighted by Crippen LogP contribution is -2.33. The van der Waals surface area contributed by atoms with Crippen LogP contribution in [-0.4, -0.2) is 23.1 Å². The molecule has 1 aromatic rings. The van der Waals surface area contributed by atoms with Crippen LogP contribution >= 0.6 is 15.9 Å². The first-order valence-corrected chi connectivity index (χ1v) is 5.47. The summed E-state index contributed by atoms with van der Waals surface area (Å²) in [6, 6.07) is 0. The van der Waals surface area contributed by atoms with Crippen molar-refractivity contribution in [3.05, 3.63) is 31.5 Å². The van der Waals surface area contributed by atoms with Crippen LogP contribution < -0.4 is 16.6 Å². The molecule has 1 aromatic heterocycles. The Kier molecular flexibility index (Phi) is 4.28. The fourth-order valence-corrected chi connectivity index (χ4v) is 1.71. The van der Waals surface area contributed by atoms with Crippen LogP contribution in [-0.2, 0) is 6.54 Å². The van der Waals surface area contributed by atoms with Crippen molar-refractivity contribution >= 4 is 15.9 Å². The first-order chi connectivity index (χ1) is 7.04. The van der Waals surface area contributed by atoms with Gasteiger partial charge < -0.3 is 5.32 Å². The molecule has 0 aliphatic heterocycles. The third-order valence-corrected chi connectivity index (χ3v) is 2.59. The molecule has 84 valence electrons. The summed E-state index contributed by atoms with van der Waals surface area (Å²) >= 11 is 3.09. The molecule has 15 heavy (non-hydrogen) atoms. The molecule has 1 unspecified atom stereocenters. The largest absolute Gasteiger partial charge is 0.328 e. The smallest absolute Gasteiger partial charge is 0.319 e. The highest BCUT2D eigenvalue weighted by Gasteiger charge is 2.06. The van der Waals surface area contributed by atoms with E-state index in [0.29, 0.717) is 16.9 Å². The van der Waals surface area contributed by atoms with Gasteiger partial charge in [0, 0.05) is 12.7 Å². The highest BCUT2D eigenvalue weighted by atomic mass is 79.9. The maximum Gasteiger partial charge on any atom is 0.328 e. The Morgan fingerprint density at radius 1 is 1.60 bits per heavy atom. The van der Waals surface area contributed by atoms with Gasteiger partial charge >= 0.3 is 5.69 Å². The van der Waals surface area contributed by atoms with Crippen LogP contribution in [0.25, 0.3) is 0 Å². The van der Waals surface area contributed by atoms with Gasteiger partial charge in [-0.3, -0.25) is 14.3 Å². The van der Waals surface area contributed by atoms with Crippen molar-refractivity contribution < 1.29 is 0 Å². The highest BCUT2D eigenvalue weighted by Crippen LogP contribution is 2.01. The summed E-state index contributed by atoms with van der Waals surface area (Å²) in [5.41, 5.74) is -0.760. The highest BCUT2D eigenvalue weighted by molar-refractivity contribution is 9.10. The SMILES string of the molecule is CNCC(C)Cn1cc(Br)c(=O)[nH]c1=O. The maximum atomic E-state index is 11.4. The van der Waals surface area contributed by atoms with Crippen molar-refractivity contribution in [2.45, 2.75) is 13.5 Å². The van der Waals surface area contributed by atoms with Gasteiger partial charge in [0.05, 0.1) is 4.47 Å². The van der Waals surface area contributed by atoms with Gasteiger partial charge in [-0.05, 0) is 35.4 Å². The second-order valence-corrected chi connectivity index (χ2v) is 4.41. The summed E-state index contributed by atoms with van der Waals surface area (Å²) in [5, 5.41) is 3.03. The Labute approximate surface area is 95.6 Å². The van der Waals surface area contributed by atoms with Crippen LogP contribution in [0.5, 0.6) is 0 Å². The molecule has 1 heterocycles. The standard InChI is InChI=1S/C9H14BrN3O2/c1-6(3-11-2)4-13-5-7(10)8(14)12-9(13)15/h5-6,11H,3-4H2,1-2H3,(H,12,14,15). The van der Waals surface area contributed by atoms with Crippen molar-refractivity contribution in [1.29, 1.82) is 0 Å². The molecule has 6 heteroatoms. The first-order valence-electron chi connectivity index (χ1n) is 4.68. The summed E-state index contributed by atoms with van der Waals surface area (Å²) in [5.74, 6) is 0.325. The van der Waals surface area contributed by atoms with E-state index in [1.807, 2.05) is 14.0 Å². The monoisotopic (exact) mass is 275 g/mol. The second kappa shape index (κ2) is 5.27. The normalized spacial score (nSPS) is 12.7. The Balaban J connectivity index is 2.91. The van der Waals surface area contributed by atoms with Crippen LogP contribution in [0.15, 0.2) is 20.3 Å². The zero-order valence-electron chi connectivity index (χ0n) is 8.71. The average Bonchev–Trinajstić information content (AvgIpc) is 2.14. The average molecular weight is 276 g/mol. The molecule has 0 aliphatic carbocycles. The Morgan fingerprint density at radius 2 is 2.27 bits per heavy atom. The van der Waals surface area contributed by atoms with E-state index >= 15 is 0 Å². The lowest BCUT2D eigenvalue weighted by molar-refractivity contribution is 0.448. The lowest BCUT2D eigenvalue weighted by Gasteiger charge is -2.12. The van der Waals surface area contributed by atoms with Crippen LogP contribution in [0.2, 0.25) is 0 Å². The minimum Gasteiger partial charge on any atom is -0.319 e. The number of aromatic amines is 1. The van der Waals surface area contributed by atoms with Crippen LogP contribution in [0.1, 0.15) is 6.92 Å². The number of halogens is 1. The molecule has 0 saturated carbocycles. The van der Waals surface area contributed by atoms with Gasteiger partial charge in [0.25, 0.3) is 5.56 Å². The van der Waals surface area contributed by atoms with Gasteiger partial charge in [0.1, 0.15) is 0 Å². The molecule has 2 N–H and O–H groups in total. The molecule has 1 rings (SSSR count). The predicted molar refractivity (Wildman–Crippen MR) is 62.1 cm³/mol. The van der Waals surface area contributed by atoms with Gasteiger partial charge in [-0.15, -0.1) is 0 Å². The number of aromatic nitrogens is 2. The molecular formula is C9H14BrN3O2. The third kappa shape index (κ3) is 3.32. The second-order valence-electron chi connectivity index (χ2n) is 3.55. The number of nitrogens with one attached hydrogen (secondary N) is 2. The minimum atomic E-state index is -0.391. The zero-order valence-corrected chi connectivity index (χ0v) is 10.3. The van der Waals surface area contributed by atoms with Crippen LogP contribution in [0.4, 0.5) is 0 Å². The summed E-state index contributed by atoms with van der Waals surface area (Å²) in [6.45, 7) is 3.43. The van der Waals surface area contributed by atoms with Gasteiger partial charge in [-0.1, -0.05) is 6.92 Å². The number of rotatable bonds is 4. The number of H-pyrrole nitrogens is 1. The Morgan fingerprint density at radius 3 is 2.87 bits per heavy atom. The molecule has 0 saturated heterocycles. The van der Waals surface area contributed by atoms with Crippen molar-refractivity contribution in [1.82, 2.24) is 14.9 Å². The van der Waals surface area contributed by atoms with Gasteiger partial charge in [0.2, 0.25) is 0 Å². The van der Waals surface area contributed by atoms with E-state index in [2.05, 4.69) is 26.2 Å². The van der Waals surface area contributed by atoms with Crippen molar-refractivity contribution in [2.24, 2.45) is 5.92 Å². The number of hydrogen-bond donors (Lipinski definition) is 2. The molecule has 0 amide bonds. The molecule has 0 radical (unpaired) electrons. The summed E-state index contributed by atoms with van der Waals surface area (Å²) < 4.78 is 1.87. The summed E-state index contributed by atoms with van der Waals surface area (Å²) in [7, 11) is 1.86. The van der Waals surface area contributed by atoms with E-state index in [1.54, 1.807) is 0 Å². The third-order valence-electron chi connectivity index (χ3n) is 2.03. The van der Waals surface area contributed by atoms with Crippen molar-refractivity contribution in [2.75, 3.05) is 13.6 Å². The van der Waals surface area contributed by atoms with E-state index in [0.717, 1.165) is 6.54 Å². The van der Waals surface area contributed by atoms with E-state index < -0.39 is 5.56 Å². The Bertz CT molecular complexity index is 438. The van der Waals surface area contributed by atoms with Crippen LogP contribution in [0.3, 0.4) is 0 Å². The molecule has 0 fully saturated rings. The lowest BCUT2D eigenvalue weighted by atomic mass is 10.2. The zero-order chi connectivity index (χ0) is 11.4. The minimum absolute atomic E-state index is 0.325. The van der Waals surface area contributed by atoms with Crippen LogP contribution in [0, 0.1) is 5.92 Å². The van der Waals surface area contributed by atoms with E-state index in [1.165, 1.54) is 10.8 Å². The molecule has 1 atom stereocenters. The van der Waals surface area contributed by atoms with Crippen molar-refractivity contribution in [3.63, 3.8) is 0 Å². The van der Waals surface area contributed by atoms with Crippen molar-refractivity contribution in [3.8, 4) is 0 Å². The quantitative estimate of drug-likeness (QED) is 0.823. The van der Waals surface area contributed by atoms with E-state index in [4.69, 9.17) is 0 Å². The fourth-order valence-electron chi connectivity index (χ4n) is 1.37. The topological polar surface area (TPSA) is 66.9 Å². The predicted octanol–water partition coefficient (Wildman–Crippen LogP) is 0.155. The molecular weight excluding hydrogens is 262 g/mol. The van der Waals surface area contributed by atoms with E-state index in [9.17, 15) is 9.59 Å². The molecule has 0 spiro atoms. The number of nitrogens with zero attached hydrogens (tertiary/aromatic N) is 1. The first kappa shape index (κ1) is 12.2. The maximum absolute atomic E-state index is 11.4. The Hall–Kier alpha value is -0.880. The molecule has 0 bridgehead atoms. The van der Waals surface area contributed by atoms with Gasteiger partial charge in [-0.2, -0.15) is 0 Å². The van der Waals surface area contributed by atoms with Gasteiger partial charge in [-0.25, -0.2) is 4.79 Å². The van der Waals surface area contributed by atoms with Gasteiger partial charge in [0.15, 0.2) is 0 Å². The van der Waals surface area contributed by atoms with E-state index in [-0.39, 0.29) is 5.69 Å².